The second-order valence-electron chi connectivity index (χ2n) is 7.83. The standard InChI is InChI=1S/C21H28N4O2/c1-24-19(10-11-23-24)20-17(3-2-12-25(20)18-8-9-18)14-22-13-15-4-6-16(7-5-15)21(26)27/h4-7,10-11,17-18,20,22H,2-3,8-9,12-14H2,1H3,(H,26,27)/t17-,20+/m0/s1. The summed E-state index contributed by atoms with van der Waals surface area (Å²) in [4.78, 5) is 13.7. The number of carboxylic acids is 1. The van der Waals surface area contributed by atoms with E-state index in [2.05, 4.69) is 21.4 Å². The van der Waals surface area contributed by atoms with Crippen LogP contribution in [0, 0.1) is 5.92 Å². The largest absolute Gasteiger partial charge is 0.478 e. The summed E-state index contributed by atoms with van der Waals surface area (Å²) in [5, 5.41) is 17.0. The number of benzene rings is 1. The van der Waals surface area contributed by atoms with Gasteiger partial charge in [-0.2, -0.15) is 5.10 Å². The van der Waals surface area contributed by atoms with Crippen molar-refractivity contribution in [3.63, 3.8) is 0 Å². The first kappa shape index (κ1) is 18.2. The van der Waals surface area contributed by atoms with Crippen LogP contribution in [0.15, 0.2) is 36.5 Å². The van der Waals surface area contributed by atoms with E-state index in [1.807, 2.05) is 30.1 Å². The Morgan fingerprint density at radius 2 is 2.00 bits per heavy atom. The van der Waals surface area contributed by atoms with Gasteiger partial charge in [-0.15, -0.1) is 0 Å². The minimum atomic E-state index is -0.879. The van der Waals surface area contributed by atoms with Crippen LogP contribution in [0.3, 0.4) is 0 Å². The fourth-order valence-corrected chi connectivity index (χ4v) is 4.39. The summed E-state index contributed by atoms with van der Waals surface area (Å²) in [6, 6.07) is 10.5. The predicted octanol–water partition coefficient (Wildman–Crippen LogP) is 2.82. The maximum atomic E-state index is 11.0. The van der Waals surface area contributed by atoms with E-state index in [9.17, 15) is 4.79 Å². The van der Waals surface area contributed by atoms with Gasteiger partial charge < -0.3 is 10.4 Å². The highest BCUT2D eigenvalue weighted by atomic mass is 16.4. The van der Waals surface area contributed by atoms with Crippen molar-refractivity contribution in [1.29, 1.82) is 0 Å². The van der Waals surface area contributed by atoms with Gasteiger partial charge in [-0.3, -0.25) is 9.58 Å². The van der Waals surface area contributed by atoms with Gasteiger partial charge in [0.15, 0.2) is 0 Å². The topological polar surface area (TPSA) is 70.4 Å². The molecule has 1 aromatic carbocycles. The van der Waals surface area contributed by atoms with Crippen molar-refractivity contribution < 1.29 is 9.90 Å². The Balaban J connectivity index is 1.41. The molecule has 0 bridgehead atoms. The van der Waals surface area contributed by atoms with E-state index in [-0.39, 0.29) is 0 Å². The van der Waals surface area contributed by atoms with Crippen molar-refractivity contribution in [3.05, 3.63) is 53.3 Å². The summed E-state index contributed by atoms with van der Waals surface area (Å²) in [6.07, 6.45) is 7.03. The number of rotatable bonds is 7. The molecule has 2 N–H and O–H groups in total. The van der Waals surface area contributed by atoms with E-state index < -0.39 is 5.97 Å². The average Bonchev–Trinajstić information content (AvgIpc) is 3.43. The maximum absolute atomic E-state index is 11.0. The molecule has 6 nitrogen and oxygen atoms in total. The summed E-state index contributed by atoms with van der Waals surface area (Å²) >= 11 is 0. The summed E-state index contributed by atoms with van der Waals surface area (Å²) < 4.78 is 2.03. The van der Waals surface area contributed by atoms with Crippen molar-refractivity contribution in [2.45, 2.75) is 44.3 Å². The molecule has 144 valence electrons. The molecule has 2 aliphatic rings. The van der Waals surface area contributed by atoms with Crippen LogP contribution >= 0.6 is 0 Å². The first-order valence-corrected chi connectivity index (χ1v) is 9.90. The van der Waals surface area contributed by atoms with Gasteiger partial charge in [0, 0.05) is 32.4 Å². The third-order valence-electron chi connectivity index (χ3n) is 5.91. The highest BCUT2D eigenvalue weighted by Gasteiger charge is 2.41. The molecule has 1 aliphatic carbocycles. The smallest absolute Gasteiger partial charge is 0.335 e. The molecule has 2 aromatic rings. The van der Waals surface area contributed by atoms with Crippen molar-refractivity contribution in [1.82, 2.24) is 20.0 Å². The lowest BCUT2D eigenvalue weighted by atomic mass is 9.86. The zero-order chi connectivity index (χ0) is 18.8. The molecule has 1 aliphatic heterocycles. The van der Waals surface area contributed by atoms with Gasteiger partial charge >= 0.3 is 5.97 Å². The number of carboxylic acid groups (broad SMARTS) is 1. The fourth-order valence-electron chi connectivity index (χ4n) is 4.39. The van der Waals surface area contributed by atoms with Crippen LogP contribution < -0.4 is 5.32 Å². The second-order valence-corrected chi connectivity index (χ2v) is 7.83. The third-order valence-corrected chi connectivity index (χ3v) is 5.91. The molecule has 0 radical (unpaired) electrons. The van der Waals surface area contributed by atoms with E-state index >= 15 is 0 Å². The van der Waals surface area contributed by atoms with Gasteiger partial charge in [-0.25, -0.2) is 4.79 Å². The number of hydrogen-bond donors (Lipinski definition) is 2. The van der Waals surface area contributed by atoms with Gasteiger partial charge in [0.05, 0.1) is 17.3 Å². The Bertz CT molecular complexity index is 782. The van der Waals surface area contributed by atoms with E-state index in [1.165, 1.54) is 37.9 Å². The number of carbonyl (C=O) groups is 1. The monoisotopic (exact) mass is 368 g/mol. The molecule has 4 rings (SSSR count). The fraction of sp³-hybridized carbons (Fsp3) is 0.524. The highest BCUT2D eigenvalue weighted by Crippen LogP contribution is 2.42. The number of aromatic carboxylic acids is 1. The molecule has 2 heterocycles. The number of hydrogen-bond acceptors (Lipinski definition) is 4. The molecule has 27 heavy (non-hydrogen) atoms. The Morgan fingerprint density at radius 3 is 2.63 bits per heavy atom. The Hall–Kier alpha value is -2.18. The molecule has 1 saturated carbocycles. The van der Waals surface area contributed by atoms with E-state index in [0.717, 1.165) is 24.7 Å². The molecule has 0 unspecified atom stereocenters. The van der Waals surface area contributed by atoms with Crippen molar-refractivity contribution >= 4 is 5.97 Å². The zero-order valence-corrected chi connectivity index (χ0v) is 15.8. The lowest BCUT2D eigenvalue weighted by Crippen LogP contribution is -2.44. The van der Waals surface area contributed by atoms with E-state index in [1.54, 1.807) is 12.1 Å². The van der Waals surface area contributed by atoms with Crippen LogP contribution in [-0.4, -0.2) is 44.9 Å². The number of nitrogens with zero attached hydrogens (tertiary/aromatic N) is 3. The van der Waals surface area contributed by atoms with Crippen LogP contribution in [0.1, 0.15) is 53.3 Å². The van der Waals surface area contributed by atoms with Crippen LogP contribution in [0.4, 0.5) is 0 Å². The van der Waals surface area contributed by atoms with Crippen molar-refractivity contribution in [3.8, 4) is 0 Å². The quantitative estimate of drug-likeness (QED) is 0.786. The lowest BCUT2D eigenvalue weighted by molar-refractivity contribution is 0.0697. The molecule has 2 fully saturated rings. The maximum Gasteiger partial charge on any atom is 0.335 e. The first-order chi connectivity index (χ1) is 13.1. The molecular formula is C21H28N4O2. The Morgan fingerprint density at radius 1 is 1.22 bits per heavy atom. The number of aromatic nitrogens is 2. The van der Waals surface area contributed by atoms with Crippen molar-refractivity contribution in [2.75, 3.05) is 13.1 Å². The number of likely N-dealkylation sites (tertiary alicyclic amines) is 1. The molecule has 0 amide bonds. The average molecular weight is 368 g/mol. The van der Waals surface area contributed by atoms with Crippen LogP contribution in [0.5, 0.6) is 0 Å². The summed E-state index contributed by atoms with van der Waals surface area (Å²) in [6.45, 7) is 2.91. The minimum absolute atomic E-state index is 0.336. The summed E-state index contributed by atoms with van der Waals surface area (Å²) in [5.74, 6) is -0.316. The summed E-state index contributed by atoms with van der Waals surface area (Å²) in [5.41, 5.74) is 2.77. The third kappa shape index (κ3) is 4.06. The van der Waals surface area contributed by atoms with Gasteiger partial charge in [-0.1, -0.05) is 12.1 Å². The molecule has 1 saturated heterocycles. The number of nitrogens with one attached hydrogen (secondary N) is 1. The van der Waals surface area contributed by atoms with Crippen LogP contribution in [-0.2, 0) is 13.6 Å². The Labute approximate surface area is 160 Å². The first-order valence-electron chi connectivity index (χ1n) is 9.90. The number of aryl methyl sites for hydroxylation is 1. The normalized spacial score (nSPS) is 23.4. The van der Waals surface area contributed by atoms with Crippen LogP contribution in [0.2, 0.25) is 0 Å². The SMILES string of the molecule is Cn1nccc1[C@H]1[C@H](CNCc2ccc(C(=O)O)cc2)CCCN1C1CC1. The molecular weight excluding hydrogens is 340 g/mol. The lowest BCUT2D eigenvalue weighted by Gasteiger charge is -2.42. The second kappa shape index (κ2) is 7.82. The molecule has 0 spiro atoms. The van der Waals surface area contributed by atoms with Gasteiger partial charge in [0.25, 0.3) is 0 Å². The molecule has 2 atom stereocenters. The number of piperidine rings is 1. The van der Waals surface area contributed by atoms with Gasteiger partial charge in [0.1, 0.15) is 0 Å². The van der Waals surface area contributed by atoms with Crippen LogP contribution in [0.25, 0.3) is 0 Å². The highest BCUT2D eigenvalue weighted by molar-refractivity contribution is 5.87. The van der Waals surface area contributed by atoms with E-state index in [4.69, 9.17) is 5.11 Å². The Kier molecular flexibility index (Phi) is 5.27. The minimum Gasteiger partial charge on any atom is -0.478 e. The van der Waals surface area contributed by atoms with Crippen molar-refractivity contribution in [2.24, 2.45) is 13.0 Å². The van der Waals surface area contributed by atoms with E-state index in [0.29, 0.717) is 17.5 Å². The predicted molar refractivity (Wildman–Crippen MR) is 104 cm³/mol. The van der Waals surface area contributed by atoms with Gasteiger partial charge in [0.2, 0.25) is 0 Å². The molecule has 6 heteroatoms. The molecule has 1 aromatic heterocycles. The van der Waals surface area contributed by atoms with Gasteiger partial charge in [-0.05, 0) is 61.9 Å². The summed E-state index contributed by atoms with van der Waals surface area (Å²) in [7, 11) is 2.05. The zero-order valence-electron chi connectivity index (χ0n) is 15.8.